The van der Waals surface area contributed by atoms with Gasteiger partial charge in [0.15, 0.2) is 5.82 Å². The molecule has 6 aliphatic rings. The molecular formula is C53H62FN9O6. The maximum Gasteiger partial charge on any atom is 0.319 e. The third kappa shape index (κ3) is 9.07. The van der Waals surface area contributed by atoms with E-state index in [0.717, 1.165) is 118 Å². The Morgan fingerprint density at radius 3 is 2.46 bits per heavy atom. The summed E-state index contributed by atoms with van der Waals surface area (Å²) >= 11 is 0. The van der Waals surface area contributed by atoms with E-state index in [1.165, 1.54) is 0 Å². The van der Waals surface area contributed by atoms with Crippen molar-refractivity contribution in [3.05, 3.63) is 77.2 Å². The van der Waals surface area contributed by atoms with E-state index in [1.807, 2.05) is 42.2 Å². The van der Waals surface area contributed by atoms with Crippen molar-refractivity contribution in [1.29, 1.82) is 0 Å². The second-order valence-corrected chi connectivity index (χ2v) is 20.9. The molecule has 5 aromatic rings. The van der Waals surface area contributed by atoms with Gasteiger partial charge in [-0.3, -0.25) is 29.6 Å². The van der Waals surface area contributed by atoms with Crippen molar-refractivity contribution >= 4 is 50.9 Å². The number of anilines is 2. The lowest BCUT2D eigenvalue weighted by atomic mass is 9.94. The number of ether oxygens (including phenoxy) is 1. The number of hydrogen-bond donors (Lipinski definition) is 3. The number of aliphatic hydroxyl groups is 1. The first-order valence-electron chi connectivity index (χ1n) is 25.0. The van der Waals surface area contributed by atoms with Gasteiger partial charge in [-0.2, -0.15) is 9.97 Å². The number of halogens is 1. The first kappa shape index (κ1) is 45.5. The summed E-state index contributed by atoms with van der Waals surface area (Å²) in [6, 6.07) is 14.7. The largest absolute Gasteiger partial charge is 0.508 e. The second kappa shape index (κ2) is 18.1. The molecule has 3 amide bonds. The summed E-state index contributed by atoms with van der Waals surface area (Å²) in [6.07, 6.45) is 8.72. The number of rotatable bonds is 12. The van der Waals surface area contributed by atoms with Crippen LogP contribution in [0.1, 0.15) is 86.7 Å². The number of aryl methyl sites for hydroxylation is 1. The van der Waals surface area contributed by atoms with Crippen molar-refractivity contribution in [2.75, 3.05) is 81.9 Å². The molecule has 7 heterocycles. The number of phenolic OH excluding ortho intramolecular Hbond substituents is 1. The zero-order valence-electron chi connectivity index (χ0n) is 39.7. The monoisotopic (exact) mass is 939 g/mol. The van der Waals surface area contributed by atoms with E-state index < -0.39 is 17.5 Å². The molecule has 0 unspecified atom stereocenters. The van der Waals surface area contributed by atoms with Gasteiger partial charge in [0.05, 0.1) is 17.6 Å². The van der Waals surface area contributed by atoms with Crippen LogP contribution in [0.5, 0.6) is 11.8 Å². The number of pyridine rings is 1. The molecule has 16 heteroatoms. The number of amides is 3. The SMILES string of the molecule is CCc1cccc2cc(O)cc(-c3ncc4c(N5CCC[C@@](C)(O)C5)nc(OCC5(CN6CCC(CN7CCN(c8ccc9c(c8)CN([C@H]8CCC(=O)NC8=O)C9=O)CC7)CC6)CC5)nc4c3F)c12. The number of fused-ring (bicyclic) bond motifs is 3. The van der Waals surface area contributed by atoms with Crippen molar-refractivity contribution in [2.45, 2.75) is 89.8 Å². The van der Waals surface area contributed by atoms with Gasteiger partial charge in [-0.05, 0) is 130 Å². The molecule has 3 N–H and O–H groups in total. The highest BCUT2D eigenvalue weighted by molar-refractivity contribution is 6.06. The number of carbonyl (C=O) groups excluding carboxylic acids is 3. The molecule has 4 saturated heterocycles. The van der Waals surface area contributed by atoms with Gasteiger partial charge in [0.2, 0.25) is 11.8 Å². The van der Waals surface area contributed by atoms with E-state index in [2.05, 4.69) is 38.0 Å². The molecule has 362 valence electrons. The number of benzene rings is 3. The number of nitrogens with one attached hydrogen (secondary N) is 1. The first-order chi connectivity index (χ1) is 33.3. The van der Waals surface area contributed by atoms with Gasteiger partial charge in [0, 0.05) is 93.7 Å². The minimum Gasteiger partial charge on any atom is -0.508 e. The Morgan fingerprint density at radius 2 is 1.71 bits per heavy atom. The van der Waals surface area contributed by atoms with E-state index in [9.17, 15) is 24.6 Å². The van der Waals surface area contributed by atoms with E-state index in [1.54, 1.807) is 23.2 Å². The van der Waals surface area contributed by atoms with Crippen molar-refractivity contribution < 1.29 is 33.7 Å². The summed E-state index contributed by atoms with van der Waals surface area (Å²) < 4.78 is 23.6. The fraction of sp³-hybridized carbons (Fsp3) is 0.509. The molecule has 5 fully saturated rings. The molecular weight excluding hydrogens is 878 g/mol. The smallest absolute Gasteiger partial charge is 0.319 e. The fourth-order valence-electron chi connectivity index (χ4n) is 11.7. The predicted octanol–water partition coefficient (Wildman–Crippen LogP) is 6.06. The lowest BCUT2D eigenvalue weighted by molar-refractivity contribution is -0.136. The van der Waals surface area contributed by atoms with Crippen molar-refractivity contribution in [2.24, 2.45) is 11.3 Å². The van der Waals surface area contributed by atoms with E-state index in [4.69, 9.17) is 14.7 Å². The number of aromatic hydroxyl groups is 1. The summed E-state index contributed by atoms with van der Waals surface area (Å²) in [5.41, 5.74) is 3.46. The Kier molecular flexibility index (Phi) is 11.9. The number of nitrogens with zero attached hydrogens (tertiary/aromatic N) is 8. The van der Waals surface area contributed by atoms with Gasteiger partial charge in [-0.1, -0.05) is 25.1 Å². The zero-order valence-corrected chi connectivity index (χ0v) is 39.7. The topological polar surface area (TPSA) is 168 Å². The number of β-amino-alcohol motifs (C(OH)–C–C–N with tert-alkyl or cyclic N) is 1. The molecule has 1 aliphatic carbocycles. The highest BCUT2D eigenvalue weighted by atomic mass is 19.1. The molecule has 0 bridgehead atoms. The third-order valence-electron chi connectivity index (χ3n) is 15.8. The summed E-state index contributed by atoms with van der Waals surface area (Å²) in [4.78, 5) is 62.9. The number of aromatic nitrogens is 3. The molecule has 15 nitrogen and oxygen atoms in total. The third-order valence-corrected chi connectivity index (χ3v) is 15.8. The van der Waals surface area contributed by atoms with Crippen LogP contribution in [-0.2, 0) is 22.6 Å². The van der Waals surface area contributed by atoms with Gasteiger partial charge in [-0.15, -0.1) is 0 Å². The maximum absolute atomic E-state index is 17.1. The summed E-state index contributed by atoms with van der Waals surface area (Å²) in [5.74, 6) is -0.265. The summed E-state index contributed by atoms with van der Waals surface area (Å²) in [6.45, 7) is 13.5. The highest BCUT2D eigenvalue weighted by Crippen LogP contribution is 2.47. The quantitative estimate of drug-likeness (QED) is 0.124. The van der Waals surface area contributed by atoms with Gasteiger partial charge in [0.25, 0.3) is 5.91 Å². The minimum atomic E-state index is -0.929. The fourth-order valence-corrected chi connectivity index (χ4v) is 11.7. The lowest BCUT2D eigenvalue weighted by Crippen LogP contribution is -2.52. The van der Waals surface area contributed by atoms with Crippen LogP contribution < -0.4 is 19.9 Å². The van der Waals surface area contributed by atoms with Gasteiger partial charge in [-0.25, -0.2) is 4.39 Å². The molecule has 5 aliphatic heterocycles. The van der Waals surface area contributed by atoms with E-state index >= 15 is 4.39 Å². The van der Waals surface area contributed by atoms with Crippen LogP contribution in [0.15, 0.2) is 54.7 Å². The van der Waals surface area contributed by atoms with Gasteiger partial charge in [0.1, 0.15) is 28.8 Å². The Bertz CT molecular complexity index is 2840. The molecule has 3 aromatic carbocycles. The minimum absolute atomic E-state index is 0.0243. The molecule has 0 spiro atoms. The van der Waals surface area contributed by atoms with Crippen LogP contribution in [0.4, 0.5) is 15.9 Å². The number of likely N-dealkylation sites (tertiary alicyclic amines) is 1. The number of imide groups is 1. The van der Waals surface area contributed by atoms with Crippen LogP contribution >= 0.6 is 0 Å². The van der Waals surface area contributed by atoms with Crippen molar-refractivity contribution in [1.82, 2.24) is 35.0 Å². The molecule has 11 rings (SSSR count). The second-order valence-electron chi connectivity index (χ2n) is 20.9. The lowest BCUT2D eigenvalue weighted by Gasteiger charge is -2.40. The first-order valence-corrected chi connectivity index (χ1v) is 25.0. The molecule has 69 heavy (non-hydrogen) atoms. The zero-order chi connectivity index (χ0) is 47.6. The molecule has 2 atom stereocenters. The summed E-state index contributed by atoms with van der Waals surface area (Å²) in [5, 5.41) is 26.3. The highest BCUT2D eigenvalue weighted by Gasteiger charge is 2.46. The van der Waals surface area contributed by atoms with Crippen LogP contribution in [0.2, 0.25) is 0 Å². The maximum atomic E-state index is 17.1. The van der Waals surface area contributed by atoms with Crippen LogP contribution in [0, 0.1) is 17.2 Å². The van der Waals surface area contributed by atoms with Crippen molar-refractivity contribution in [3.8, 4) is 23.0 Å². The number of phenols is 1. The van der Waals surface area contributed by atoms with E-state index in [0.29, 0.717) is 67.3 Å². The van der Waals surface area contributed by atoms with Gasteiger partial charge < -0.3 is 34.5 Å². The van der Waals surface area contributed by atoms with Crippen LogP contribution in [0.25, 0.3) is 32.9 Å². The van der Waals surface area contributed by atoms with E-state index in [-0.39, 0.29) is 52.5 Å². The number of piperidine rings is 3. The average Bonchev–Trinajstić information content (AvgIpc) is 4.03. The average molecular weight is 940 g/mol. The Balaban J connectivity index is 0.717. The molecule has 2 aromatic heterocycles. The number of carbonyl (C=O) groups is 3. The Hall–Kier alpha value is -5.97. The Labute approximate surface area is 401 Å². The molecule has 0 radical (unpaired) electrons. The Morgan fingerprint density at radius 1 is 0.899 bits per heavy atom. The number of piperazine rings is 1. The van der Waals surface area contributed by atoms with Crippen LogP contribution in [-0.4, -0.2) is 141 Å². The standard InChI is InChI=1S/C53H62FN9O6/c1-3-34-6-4-7-35-25-38(64)26-40(44(34)35)46-45(54)47-41(27-55-46)48(62-17-5-14-52(2,68)30-62)58-51(57-47)69-32-53(15-16-53)31-60-18-12-33(13-19-60)28-59-20-22-61(23-21-59)37-8-9-39-36(24-37)29-63(50(39)67)42-10-11-43(65)56-49(42)66/h4,6-9,24-27,33,42,64,68H,3,5,10-23,28-32H2,1-2H3,(H,56,65,66)/t42-,52+/m0/s1. The van der Waals surface area contributed by atoms with Gasteiger partial charge >= 0.3 is 6.01 Å². The van der Waals surface area contributed by atoms with Crippen molar-refractivity contribution in [3.63, 3.8) is 0 Å². The van der Waals surface area contributed by atoms with Crippen LogP contribution in [0.3, 0.4) is 0 Å². The predicted molar refractivity (Wildman–Crippen MR) is 261 cm³/mol. The summed E-state index contributed by atoms with van der Waals surface area (Å²) in [7, 11) is 0. The molecule has 1 saturated carbocycles. The number of hydrogen-bond acceptors (Lipinski definition) is 13. The normalized spacial score (nSPS) is 23.5.